The van der Waals surface area contributed by atoms with Crippen molar-refractivity contribution in [3.63, 3.8) is 0 Å². The van der Waals surface area contributed by atoms with Crippen LogP contribution in [0.15, 0.2) is 11.7 Å². The molecule has 0 amide bonds. The van der Waals surface area contributed by atoms with Crippen LogP contribution in [0.25, 0.3) is 0 Å². The van der Waals surface area contributed by atoms with Gasteiger partial charge in [-0.25, -0.2) is 0 Å². The number of aromatic nitrogens is 1. The normalized spacial score (nSPS) is 20.4. The van der Waals surface area contributed by atoms with E-state index >= 15 is 0 Å². The van der Waals surface area contributed by atoms with Crippen LogP contribution in [0.5, 0.6) is 0 Å². The quantitative estimate of drug-likeness (QED) is 0.735. The van der Waals surface area contributed by atoms with Gasteiger partial charge in [0.25, 0.3) is 0 Å². The topological polar surface area (TPSA) is 43.4 Å². The van der Waals surface area contributed by atoms with Gasteiger partial charge in [-0.3, -0.25) is 4.98 Å². The van der Waals surface area contributed by atoms with E-state index in [1.165, 1.54) is 11.3 Å². The Hall–Kier alpha value is -0.490. The summed E-state index contributed by atoms with van der Waals surface area (Å²) in [4.78, 5) is 5.28. The van der Waals surface area contributed by atoms with Gasteiger partial charge in [-0.15, -0.1) is 11.3 Å². The first-order valence-corrected chi connectivity index (χ1v) is 6.60. The standard InChI is InChI=1S/C11H18N2O2S/c1-2-10(15-4-1)8-14-5-3-12-6-11-7-13-9-16-11/h7,9-10,12H,1-6,8H2. The second kappa shape index (κ2) is 6.96. The fourth-order valence-electron chi connectivity index (χ4n) is 1.68. The second-order valence-electron chi connectivity index (χ2n) is 3.85. The molecule has 1 aliphatic heterocycles. The highest BCUT2D eigenvalue weighted by Gasteiger charge is 2.14. The molecule has 90 valence electrons. The number of hydrogen-bond acceptors (Lipinski definition) is 5. The molecule has 2 heterocycles. The Morgan fingerprint density at radius 3 is 3.38 bits per heavy atom. The Morgan fingerprint density at radius 1 is 1.62 bits per heavy atom. The van der Waals surface area contributed by atoms with E-state index in [9.17, 15) is 0 Å². The lowest BCUT2D eigenvalue weighted by Crippen LogP contribution is -2.22. The number of nitrogens with zero attached hydrogens (tertiary/aromatic N) is 1. The van der Waals surface area contributed by atoms with Crippen LogP contribution in [0, 0.1) is 0 Å². The maximum absolute atomic E-state index is 5.54. The van der Waals surface area contributed by atoms with E-state index < -0.39 is 0 Å². The van der Waals surface area contributed by atoms with Crippen molar-refractivity contribution in [3.8, 4) is 0 Å². The predicted molar refractivity (Wildman–Crippen MR) is 63.6 cm³/mol. The van der Waals surface area contributed by atoms with E-state index in [-0.39, 0.29) is 0 Å². The van der Waals surface area contributed by atoms with Gasteiger partial charge in [-0.05, 0) is 12.8 Å². The third-order valence-electron chi connectivity index (χ3n) is 2.53. The molecule has 1 aromatic heterocycles. The molecule has 1 fully saturated rings. The van der Waals surface area contributed by atoms with Gasteiger partial charge in [0.05, 0.1) is 24.8 Å². The van der Waals surface area contributed by atoms with Crippen LogP contribution < -0.4 is 5.32 Å². The molecule has 0 bridgehead atoms. The maximum atomic E-state index is 5.54. The molecule has 0 aliphatic carbocycles. The third-order valence-corrected chi connectivity index (χ3v) is 3.31. The summed E-state index contributed by atoms with van der Waals surface area (Å²) in [5.41, 5.74) is 1.85. The zero-order chi connectivity index (χ0) is 11.1. The molecule has 4 nitrogen and oxygen atoms in total. The van der Waals surface area contributed by atoms with Crippen molar-refractivity contribution in [2.24, 2.45) is 0 Å². The van der Waals surface area contributed by atoms with Crippen molar-refractivity contribution in [2.75, 3.05) is 26.4 Å². The first-order chi connectivity index (χ1) is 7.95. The molecule has 0 radical (unpaired) electrons. The molecule has 1 aromatic rings. The largest absolute Gasteiger partial charge is 0.377 e. The van der Waals surface area contributed by atoms with Gasteiger partial charge in [-0.1, -0.05) is 0 Å². The van der Waals surface area contributed by atoms with E-state index in [0.29, 0.717) is 6.10 Å². The summed E-state index contributed by atoms with van der Waals surface area (Å²) in [5, 5.41) is 3.32. The minimum atomic E-state index is 0.335. The van der Waals surface area contributed by atoms with E-state index in [4.69, 9.17) is 9.47 Å². The lowest BCUT2D eigenvalue weighted by atomic mass is 10.2. The summed E-state index contributed by atoms with van der Waals surface area (Å²) in [5.74, 6) is 0. The fourth-order valence-corrected chi connectivity index (χ4v) is 2.24. The Balaban J connectivity index is 1.43. The lowest BCUT2D eigenvalue weighted by molar-refractivity contribution is 0.0183. The Kier molecular flexibility index (Phi) is 5.21. The molecule has 0 spiro atoms. The highest BCUT2D eigenvalue weighted by molar-refractivity contribution is 7.09. The highest BCUT2D eigenvalue weighted by Crippen LogP contribution is 2.11. The van der Waals surface area contributed by atoms with E-state index in [2.05, 4.69) is 10.3 Å². The second-order valence-corrected chi connectivity index (χ2v) is 4.83. The Bertz CT molecular complexity index is 274. The monoisotopic (exact) mass is 242 g/mol. The van der Waals surface area contributed by atoms with Crippen LogP contribution in [0.3, 0.4) is 0 Å². The molecule has 0 aromatic carbocycles. The first-order valence-electron chi connectivity index (χ1n) is 5.72. The van der Waals surface area contributed by atoms with E-state index in [0.717, 1.165) is 39.3 Å². The predicted octanol–water partition coefficient (Wildman–Crippen LogP) is 1.43. The van der Waals surface area contributed by atoms with Gasteiger partial charge in [0.15, 0.2) is 0 Å². The van der Waals surface area contributed by atoms with Crippen LogP contribution in [-0.2, 0) is 16.0 Å². The molecule has 1 unspecified atom stereocenters. The third kappa shape index (κ3) is 4.17. The van der Waals surface area contributed by atoms with Crippen molar-refractivity contribution < 1.29 is 9.47 Å². The van der Waals surface area contributed by atoms with Crippen LogP contribution in [0.4, 0.5) is 0 Å². The summed E-state index contributed by atoms with van der Waals surface area (Å²) in [6, 6.07) is 0. The van der Waals surface area contributed by atoms with Gasteiger partial charge < -0.3 is 14.8 Å². The highest BCUT2D eigenvalue weighted by atomic mass is 32.1. The fraction of sp³-hybridized carbons (Fsp3) is 0.727. The zero-order valence-electron chi connectivity index (χ0n) is 9.35. The lowest BCUT2D eigenvalue weighted by Gasteiger charge is -2.10. The Morgan fingerprint density at radius 2 is 2.62 bits per heavy atom. The van der Waals surface area contributed by atoms with Gasteiger partial charge in [0.1, 0.15) is 0 Å². The molecular formula is C11H18N2O2S. The van der Waals surface area contributed by atoms with Gasteiger partial charge in [0, 0.05) is 30.8 Å². The van der Waals surface area contributed by atoms with Crippen molar-refractivity contribution in [1.82, 2.24) is 10.3 Å². The molecule has 0 saturated carbocycles. The summed E-state index contributed by atoms with van der Waals surface area (Å²) in [7, 11) is 0. The number of thiazole rings is 1. The molecule has 16 heavy (non-hydrogen) atoms. The van der Waals surface area contributed by atoms with Crippen LogP contribution in [0.1, 0.15) is 17.7 Å². The van der Waals surface area contributed by atoms with E-state index in [1.807, 2.05) is 11.7 Å². The maximum Gasteiger partial charge on any atom is 0.0809 e. The van der Waals surface area contributed by atoms with Crippen molar-refractivity contribution in [3.05, 3.63) is 16.6 Å². The van der Waals surface area contributed by atoms with Gasteiger partial charge in [0.2, 0.25) is 0 Å². The average Bonchev–Trinajstić information content (AvgIpc) is 2.96. The van der Waals surface area contributed by atoms with Gasteiger partial charge >= 0.3 is 0 Å². The van der Waals surface area contributed by atoms with Crippen LogP contribution in [0.2, 0.25) is 0 Å². The number of hydrogen-bond donors (Lipinski definition) is 1. The Labute approximate surface area is 100.0 Å². The minimum Gasteiger partial charge on any atom is -0.377 e. The molecular weight excluding hydrogens is 224 g/mol. The van der Waals surface area contributed by atoms with Crippen LogP contribution >= 0.6 is 11.3 Å². The molecule has 2 rings (SSSR count). The van der Waals surface area contributed by atoms with Crippen molar-refractivity contribution >= 4 is 11.3 Å². The number of rotatable bonds is 7. The summed E-state index contributed by atoms with van der Waals surface area (Å²) < 4.78 is 11.0. The van der Waals surface area contributed by atoms with Crippen LogP contribution in [-0.4, -0.2) is 37.5 Å². The molecule has 1 atom stereocenters. The SMILES string of the molecule is c1ncc(CNCCOCC2CCCO2)s1. The number of ether oxygens (including phenoxy) is 2. The van der Waals surface area contributed by atoms with Gasteiger partial charge in [-0.2, -0.15) is 0 Å². The summed E-state index contributed by atoms with van der Waals surface area (Å²) in [6.45, 7) is 4.15. The molecule has 1 aliphatic rings. The van der Waals surface area contributed by atoms with Crippen molar-refractivity contribution in [1.29, 1.82) is 0 Å². The molecule has 5 heteroatoms. The first kappa shape index (κ1) is 12.0. The zero-order valence-corrected chi connectivity index (χ0v) is 10.2. The number of nitrogens with one attached hydrogen (secondary N) is 1. The minimum absolute atomic E-state index is 0.335. The summed E-state index contributed by atoms with van der Waals surface area (Å²) >= 11 is 1.67. The van der Waals surface area contributed by atoms with Crippen molar-refractivity contribution in [2.45, 2.75) is 25.5 Å². The molecule has 1 N–H and O–H groups in total. The molecule has 1 saturated heterocycles. The summed E-state index contributed by atoms with van der Waals surface area (Å²) in [6.07, 6.45) is 4.55. The van der Waals surface area contributed by atoms with E-state index in [1.54, 1.807) is 11.3 Å². The average molecular weight is 242 g/mol. The smallest absolute Gasteiger partial charge is 0.0809 e.